The van der Waals surface area contributed by atoms with E-state index in [9.17, 15) is 9.18 Å². The van der Waals surface area contributed by atoms with Gasteiger partial charge in [0.15, 0.2) is 0 Å². The summed E-state index contributed by atoms with van der Waals surface area (Å²) >= 11 is 0. The van der Waals surface area contributed by atoms with Crippen molar-refractivity contribution in [3.05, 3.63) is 65.5 Å². The lowest BCUT2D eigenvalue weighted by molar-refractivity contribution is -0.116. The molecule has 0 radical (unpaired) electrons. The van der Waals surface area contributed by atoms with Crippen LogP contribution in [0.4, 0.5) is 10.1 Å². The lowest BCUT2D eigenvalue weighted by Gasteiger charge is -2.13. The van der Waals surface area contributed by atoms with Crippen molar-refractivity contribution in [2.45, 2.75) is 32.7 Å². The molecule has 0 fully saturated rings. The van der Waals surface area contributed by atoms with Gasteiger partial charge in [0.25, 0.3) is 0 Å². The summed E-state index contributed by atoms with van der Waals surface area (Å²) < 4.78 is 13.5. The van der Waals surface area contributed by atoms with E-state index in [2.05, 4.69) is 24.5 Å². The molecule has 0 bridgehead atoms. The highest BCUT2D eigenvalue weighted by atomic mass is 19.1. The second-order valence-corrected chi connectivity index (χ2v) is 5.81. The van der Waals surface area contributed by atoms with E-state index >= 15 is 0 Å². The van der Waals surface area contributed by atoms with E-state index in [-0.39, 0.29) is 11.7 Å². The third-order valence-electron chi connectivity index (χ3n) is 3.66. The number of amides is 1. The fourth-order valence-corrected chi connectivity index (χ4v) is 2.39. The Labute approximate surface area is 136 Å². The normalized spacial score (nSPS) is 10.8. The molecule has 0 heterocycles. The van der Waals surface area contributed by atoms with Crippen LogP contribution in [0.25, 0.3) is 0 Å². The van der Waals surface area contributed by atoms with Crippen LogP contribution in [-0.4, -0.2) is 12.5 Å². The maximum Gasteiger partial charge on any atom is 0.225 e. The van der Waals surface area contributed by atoms with Crippen LogP contribution in [0.2, 0.25) is 0 Å². The SMILES string of the molecule is CC(C)c1ccccc1NC(=O)CCNCc1ccccc1F. The summed E-state index contributed by atoms with van der Waals surface area (Å²) in [5, 5.41) is 6.04. The fourth-order valence-electron chi connectivity index (χ4n) is 2.39. The average molecular weight is 314 g/mol. The van der Waals surface area contributed by atoms with Crippen LogP contribution in [-0.2, 0) is 11.3 Å². The van der Waals surface area contributed by atoms with Crippen LogP contribution in [0.15, 0.2) is 48.5 Å². The van der Waals surface area contributed by atoms with Crippen molar-refractivity contribution in [2.24, 2.45) is 0 Å². The molecule has 122 valence electrons. The van der Waals surface area contributed by atoms with Crippen LogP contribution in [0.5, 0.6) is 0 Å². The van der Waals surface area contributed by atoms with Gasteiger partial charge in [-0.1, -0.05) is 50.2 Å². The molecule has 4 heteroatoms. The summed E-state index contributed by atoms with van der Waals surface area (Å²) in [5.41, 5.74) is 2.60. The number of hydrogen-bond donors (Lipinski definition) is 2. The molecule has 0 aliphatic heterocycles. The lowest BCUT2D eigenvalue weighted by Crippen LogP contribution is -2.22. The molecule has 0 spiro atoms. The van der Waals surface area contributed by atoms with Gasteiger partial charge >= 0.3 is 0 Å². The zero-order valence-electron chi connectivity index (χ0n) is 13.6. The highest BCUT2D eigenvalue weighted by molar-refractivity contribution is 5.91. The number of para-hydroxylation sites is 1. The Morgan fingerprint density at radius 1 is 1.09 bits per heavy atom. The van der Waals surface area contributed by atoms with Crippen molar-refractivity contribution < 1.29 is 9.18 Å². The molecule has 0 atom stereocenters. The maximum absolute atomic E-state index is 13.5. The van der Waals surface area contributed by atoms with Crippen molar-refractivity contribution >= 4 is 11.6 Å². The standard InChI is InChI=1S/C19H23FN2O/c1-14(2)16-8-4-6-10-18(16)22-19(23)11-12-21-13-15-7-3-5-9-17(15)20/h3-10,14,21H,11-13H2,1-2H3,(H,22,23). The second-order valence-electron chi connectivity index (χ2n) is 5.81. The third kappa shape index (κ3) is 5.18. The number of benzene rings is 2. The Bertz CT molecular complexity index is 655. The van der Waals surface area contributed by atoms with Crippen LogP contribution in [0.3, 0.4) is 0 Å². The predicted octanol–water partition coefficient (Wildman–Crippen LogP) is 4.07. The van der Waals surface area contributed by atoms with Crippen molar-refractivity contribution in [1.82, 2.24) is 5.32 Å². The van der Waals surface area contributed by atoms with Gasteiger partial charge in [0.05, 0.1) is 0 Å². The summed E-state index contributed by atoms with van der Waals surface area (Å²) in [5.74, 6) is 0.0835. The minimum atomic E-state index is -0.227. The second kappa shape index (κ2) is 8.44. The first-order valence-electron chi connectivity index (χ1n) is 7.91. The van der Waals surface area contributed by atoms with Gasteiger partial charge in [-0.2, -0.15) is 0 Å². The minimum absolute atomic E-state index is 0.0425. The Kier molecular flexibility index (Phi) is 6.29. The van der Waals surface area contributed by atoms with Gasteiger partial charge < -0.3 is 10.6 Å². The van der Waals surface area contributed by atoms with Gasteiger partial charge in [-0.05, 0) is 23.6 Å². The molecule has 2 aromatic carbocycles. The number of carbonyl (C=O) groups is 1. The van der Waals surface area contributed by atoms with Crippen LogP contribution >= 0.6 is 0 Å². The molecule has 0 saturated heterocycles. The molecule has 2 N–H and O–H groups in total. The van der Waals surface area contributed by atoms with Crippen molar-refractivity contribution in [1.29, 1.82) is 0 Å². The summed E-state index contributed by atoms with van der Waals surface area (Å²) in [6, 6.07) is 14.5. The van der Waals surface area contributed by atoms with Gasteiger partial charge in [0.2, 0.25) is 5.91 Å². The molecular weight excluding hydrogens is 291 g/mol. The summed E-state index contributed by atoms with van der Waals surface area (Å²) in [6.07, 6.45) is 0.348. The van der Waals surface area contributed by atoms with Crippen LogP contribution in [0, 0.1) is 5.82 Å². The predicted molar refractivity (Wildman–Crippen MR) is 91.9 cm³/mol. The van der Waals surface area contributed by atoms with Gasteiger partial charge in [-0.25, -0.2) is 4.39 Å². The Morgan fingerprint density at radius 2 is 1.78 bits per heavy atom. The number of carbonyl (C=O) groups excluding carboxylic acids is 1. The Morgan fingerprint density at radius 3 is 2.52 bits per heavy atom. The lowest BCUT2D eigenvalue weighted by atomic mass is 10.0. The highest BCUT2D eigenvalue weighted by Gasteiger charge is 2.09. The molecule has 0 saturated carbocycles. The third-order valence-corrected chi connectivity index (χ3v) is 3.66. The summed E-state index contributed by atoms with van der Waals surface area (Å²) in [7, 11) is 0. The van der Waals surface area contributed by atoms with Crippen molar-refractivity contribution in [3.63, 3.8) is 0 Å². The number of anilines is 1. The Hall–Kier alpha value is -2.20. The molecule has 0 unspecified atom stereocenters. The highest BCUT2D eigenvalue weighted by Crippen LogP contribution is 2.23. The van der Waals surface area contributed by atoms with E-state index in [4.69, 9.17) is 0 Å². The molecule has 3 nitrogen and oxygen atoms in total. The zero-order chi connectivity index (χ0) is 16.7. The van der Waals surface area contributed by atoms with Crippen molar-refractivity contribution in [3.8, 4) is 0 Å². The molecule has 0 aliphatic carbocycles. The minimum Gasteiger partial charge on any atom is -0.326 e. The number of halogens is 1. The molecule has 0 aliphatic rings. The zero-order valence-corrected chi connectivity index (χ0v) is 13.6. The topological polar surface area (TPSA) is 41.1 Å². The summed E-state index contributed by atoms with van der Waals surface area (Å²) in [6.45, 7) is 5.12. The number of hydrogen-bond acceptors (Lipinski definition) is 2. The summed E-state index contributed by atoms with van der Waals surface area (Å²) in [4.78, 5) is 12.0. The van der Waals surface area contributed by atoms with Crippen LogP contribution < -0.4 is 10.6 Å². The smallest absolute Gasteiger partial charge is 0.225 e. The first-order valence-corrected chi connectivity index (χ1v) is 7.91. The van der Waals surface area contributed by atoms with Gasteiger partial charge in [0, 0.05) is 30.8 Å². The van der Waals surface area contributed by atoms with E-state index in [1.54, 1.807) is 18.2 Å². The quantitative estimate of drug-likeness (QED) is 0.757. The maximum atomic E-state index is 13.5. The van der Waals surface area contributed by atoms with E-state index < -0.39 is 0 Å². The molecule has 0 aromatic heterocycles. The monoisotopic (exact) mass is 314 g/mol. The van der Waals surface area contributed by atoms with E-state index in [1.165, 1.54) is 6.07 Å². The molecule has 1 amide bonds. The fraction of sp³-hybridized carbons (Fsp3) is 0.316. The molecule has 2 rings (SSSR count). The Balaban J connectivity index is 1.79. The van der Waals surface area contributed by atoms with E-state index in [0.29, 0.717) is 31.0 Å². The van der Waals surface area contributed by atoms with Gasteiger partial charge in [0.1, 0.15) is 5.82 Å². The van der Waals surface area contributed by atoms with Gasteiger partial charge in [-0.15, -0.1) is 0 Å². The molecule has 2 aromatic rings. The first-order chi connectivity index (χ1) is 11.1. The molecule has 23 heavy (non-hydrogen) atoms. The van der Waals surface area contributed by atoms with E-state index in [1.807, 2.05) is 24.3 Å². The first kappa shape index (κ1) is 17.2. The van der Waals surface area contributed by atoms with E-state index in [0.717, 1.165) is 11.3 Å². The van der Waals surface area contributed by atoms with Gasteiger partial charge in [-0.3, -0.25) is 4.79 Å². The average Bonchev–Trinajstić information content (AvgIpc) is 2.53. The van der Waals surface area contributed by atoms with Crippen LogP contribution in [0.1, 0.15) is 37.3 Å². The molecular formula is C19H23FN2O. The number of nitrogens with one attached hydrogen (secondary N) is 2. The number of rotatable bonds is 7. The largest absolute Gasteiger partial charge is 0.326 e. The van der Waals surface area contributed by atoms with Crippen molar-refractivity contribution in [2.75, 3.05) is 11.9 Å².